The Morgan fingerprint density at radius 1 is 1.09 bits per heavy atom. The number of amides is 2. The van der Waals surface area contributed by atoms with E-state index in [-0.39, 0.29) is 24.5 Å². The zero-order valence-corrected chi connectivity index (χ0v) is 19.6. The van der Waals surface area contributed by atoms with Crippen LogP contribution in [0.2, 0.25) is 0 Å². The van der Waals surface area contributed by atoms with Crippen molar-refractivity contribution in [1.82, 2.24) is 10.2 Å². The number of carbonyl (C=O) groups is 2. The van der Waals surface area contributed by atoms with Crippen LogP contribution in [0, 0.1) is 13.8 Å². The van der Waals surface area contributed by atoms with Gasteiger partial charge < -0.3 is 15.0 Å². The minimum atomic E-state index is -0.492. The molecule has 2 aromatic carbocycles. The Balaban J connectivity index is 1.72. The SMILES string of the molecule is CCC(C(=O)NC1CCCC1)N(CCc1ccccc1)C(=O)COc1cc(C)ccc1C. The second-order valence-electron chi connectivity index (χ2n) is 8.79. The minimum absolute atomic E-state index is 0.0486. The molecule has 1 aliphatic carbocycles. The molecule has 1 unspecified atom stereocenters. The average molecular weight is 437 g/mol. The average Bonchev–Trinajstić information content (AvgIpc) is 3.30. The maximum atomic E-state index is 13.3. The fraction of sp³-hybridized carbons (Fsp3) is 0.481. The van der Waals surface area contributed by atoms with Crippen molar-refractivity contribution in [2.75, 3.05) is 13.2 Å². The Bertz CT molecular complexity index is 891. The van der Waals surface area contributed by atoms with Crippen molar-refractivity contribution in [2.24, 2.45) is 0 Å². The molecule has 2 amide bonds. The second-order valence-corrected chi connectivity index (χ2v) is 8.79. The third-order valence-corrected chi connectivity index (χ3v) is 6.27. The van der Waals surface area contributed by atoms with Crippen LogP contribution in [0.25, 0.3) is 0 Å². The van der Waals surface area contributed by atoms with Gasteiger partial charge in [0.2, 0.25) is 5.91 Å². The lowest BCUT2D eigenvalue weighted by Crippen LogP contribution is -2.53. The molecule has 1 saturated carbocycles. The number of carbonyl (C=O) groups excluding carboxylic acids is 2. The Hall–Kier alpha value is -2.82. The van der Waals surface area contributed by atoms with Gasteiger partial charge in [-0.05, 0) is 62.3 Å². The van der Waals surface area contributed by atoms with E-state index in [0.717, 1.165) is 42.4 Å². The summed E-state index contributed by atoms with van der Waals surface area (Å²) in [4.78, 5) is 28.1. The van der Waals surface area contributed by atoms with Crippen molar-refractivity contribution in [3.8, 4) is 5.75 Å². The van der Waals surface area contributed by atoms with Crippen molar-refractivity contribution in [3.05, 3.63) is 65.2 Å². The van der Waals surface area contributed by atoms with Gasteiger partial charge in [0.15, 0.2) is 6.61 Å². The maximum Gasteiger partial charge on any atom is 0.261 e. The fourth-order valence-corrected chi connectivity index (χ4v) is 4.35. The van der Waals surface area contributed by atoms with Crippen LogP contribution in [0.5, 0.6) is 5.75 Å². The fourth-order valence-electron chi connectivity index (χ4n) is 4.35. The highest BCUT2D eigenvalue weighted by atomic mass is 16.5. The van der Waals surface area contributed by atoms with E-state index in [9.17, 15) is 9.59 Å². The lowest BCUT2D eigenvalue weighted by molar-refractivity contribution is -0.142. The summed E-state index contributed by atoms with van der Waals surface area (Å²) in [7, 11) is 0. The minimum Gasteiger partial charge on any atom is -0.483 e. The van der Waals surface area contributed by atoms with Crippen molar-refractivity contribution in [3.63, 3.8) is 0 Å². The molecule has 3 rings (SSSR count). The third kappa shape index (κ3) is 6.59. The number of hydrogen-bond acceptors (Lipinski definition) is 3. The highest BCUT2D eigenvalue weighted by molar-refractivity contribution is 5.88. The molecule has 1 aliphatic rings. The van der Waals surface area contributed by atoms with E-state index >= 15 is 0 Å². The summed E-state index contributed by atoms with van der Waals surface area (Å²) in [5, 5.41) is 3.18. The highest BCUT2D eigenvalue weighted by Crippen LogP contribution is 2.21. The van der Waals surface area contributed by atoms with E-state index in [1.807, 2.05) is 57.2 Å². The monoisotopic (exact) mass is 436 g/mol. The number of ether oxygens (including phenoxy) is 1. The van der Waals surface area contributed by atoms with E-state index in [0.29, 0.717) is 25.1 Å². The van der Waals surface area contributed by atoms with Gasteiger partial charge in [0.05, 0.1) is 0 Å². The number of benzene rings is 2. The molecule has 1 fully saturated rings. The molecular formula is C27H36N2O3. The molecule has 1 atom stereocenters. The molecular weight excluding hydrogens is 400 g/mol. The van der Waals surface area contributed by atoms with Gasteiger partial charge in [0, 0.05) is 12.6 Å². The Morgan fingerprint density at radius 2 is 1.81 bits per heavy atom. The maximum absolute atomic E-state index is 13.3. The largest absolute Gasteiger partial charge is 0.483 e. The normalized spacial score (nSPS) is 14.7. The molecule has 0 spiro atoms. The third-order valence-electron chi connectivity index (χ3n) is 6.27. The van der Waals surface area contributed by atoms with Gasteiger partial charge in [0.1, 0.15) is 11.8 Å². The molecule has 172 valence electrons. The molecule has 32 heavy (non-hydrogen) atoms. The Labute approximate surface area is 192 Å². The van der Waals surface area contributed by atoms with Crippen LogP contribution < -0.4 is 10.1 Å². The van der Waals surface area contributed by atoms with Gasteiger partial charge in [-0.1, -0.05) is 62.2 Å². The lowest BCUT2D eigenvalue weighted by atomic mass is 10.1. The van der Waals surface area contributed by atoms with E-state index in [1.54, 1.807) is 4.90 Å². The summed E-state index contributed by atoms with van der Waals surface area (Å²) < 4.78 is 5.90. The summed E-state index contributed by atoms with van der Waals surface area (Å²) in [6, 6.07) is 15.8. The Kier molecular flexibility index (Phi) is 8.72. The first-order valence-electron chi connectivity index (χ1n) is 11.8. The summed E-state index contributed by atoms with van der Waals surface area (Å²) in [5.74, 6) is 0.507. The van der Waals surface area contributed by atoms with Crippen molar-refractivity contribution in [2.45, 2.75) is 71.4 Å². The highest BCUT2D eigenvalue weighted by Gasteiger charge is 2.30. The molecule has 0 radical (unpaired) electrons. The van der Waals surface area contributed by atoms with Crippen molar-refractivity contribution in [1.29, 1.82) is 0 Å². The molecule has 0 aliphatic heterocycles. The van der Waals surface area contributed by atoms with Gasteiger partial charge in [-0.3, -0.25) is 9.59 Å². The first kappa shape index (κ1) is 23.8. The van der Waals surface area contributed by atoms with Gasteiger partial charge in [-0.25, -0.2) is 0 Å². The van der Waals surface area contributed by atoms with Gasteiger partial charge in [0.25, 0.3) is 5.91 Å². The Morgan fingerprint density at radius 3 is 2.50 bits per heavy atom. The summed E-state index contributed by atoms with van der Waals surface area (Å²) in [5.41, 5.74) is 3.22. The van der Waals surface area contributed by atoms with Gasteiger partial charge in [-0.2, -0.15) is 0 Å². The van der Waals surface area contributed by atoms with Crippen LogP contribution in [0.1, 0.15) is 55.7 Å². The number of hydrogen-bond donors (Lipinski definition) is 1. The molecule has 0 heterocycles. The van der Waals surface area contributed by atoms with Gasteiger partial charge >= 0.3 is 0 Å². The molecule has 5 heteroatoms. The first-order chi connectivity index (χ1) is 15.5. The molecule has 0 aromatic heterocycles. The van der Waals surface area contributed by atoms with E-state index < -0.39 is 6.04 Å². The number of aryl methyl sites for hydroxylation is 2. The second kappa shape index (κ2) is 11.7. The van der Waals surface area contributed by atoms with Gasteiger partial charge in [-0.15, -0.1) is 0 Å². The molecule has 2 aromatic rings. The summed E-state index contributed by atoms with van der Waals surface area (Å²) in [6.07, 6.45) is 5.63. The van der Waals surface area contributed by atoms with E-state index in [4.69, 9.17) is 4.74 Å². The zero-order chi connectivity index (χ0) is 22.9. The van der Waals surface area contributed by atoms with Crippen molar-refractivity contribution < 1.29 is 14.3 Å². The zero-order valence-electron chi connectivity index (χ0n) is 19.6. The quantitative estimate of drug-likeness (QED) is 0.593. The van der Waals surface area contributed by atoms with Crippen LogP contribution in [-0.4, -0.2) is 41.9 Å². The molecule has 1 N–H and O–H groups in total. The topological polar surface area (TPSA) is 58.6 Å². The van der Waals surface area contributed by atoms with Crippen LogP contribution in [0.15, 0.2) is 48.5 Å². The standard InChI is InChI=1S/C27H36N2O3/c1-4-24(27(31)28-23-12-8-9-13-23)29(17-16-22-10-6-5-7-11-22)26(30)19-32-25-18-20(2)14-15-21(25)3/h5-7,10-11,14-15,18,23-24H,4,8-9,12-13,16-17,19H2,1-3H3,(H,28,31). The van der Waals surface area contributed by atoms with E-state index in [2.05, 4.69) is 17.4 Å². The molecule has 5 nitrogen and oxygen atoms in total. The predicted molar refractivity (Wildman–Crippen MR) is 128 cm³/mol. The summed E-state index contributed by atoms with van der Waals surface area (Å²) >= 11 is 0. The van der Waals surface area contributed by atoms with Crippen LogP contribution in [0.3, 0.4) is 0 Å². The van der Waals surface area contributed by atoms with E-state index in [1.165, 1.54) is 0 Å². The number of nitrogens with one attached hydrogen (secondary N) is 1. The molecule has 0 bridgehead atoms. The number of rotatable bonds is 10. The molecule has 0 saturated heterocycles. The van der Waals surface area contributed by atoms with Crippen LogP contribution >= 0.6 is 0 Å². The van der Waals surface area contributed by atoms with Crippen LogP contribution in [-0.2, 0) is 16.0 Å². The lowest BCUT2D eigenvalue weighted by Gasteiger charge is -2.31. The van der Waals surface area contributed by atoms with Crippen LogP contribution in [0.4, 0.5) is 0 Å². The van der Waals surface area contributed by atoms with Crippen molar-refractivity contribution >= 4 is 11.8 Å². The smallest absolute Gasteiger partial charge is 0.261 e. The predicted octanol–water partition coefficient (Wildman–Crippen LogP) is 4.59. The number of nitrogens with zero attached hydrogens (tertiary/aromatic N) is 1. The first-order valence-corrected chi connectivity index (χ1v) is 11.8. The summed E-state index contributed by atoms with van der Waals surface area (Å²) in [6.45, 7) is 6.34.